The van der Waals surface area contributed by atoms with Gasteiger partial charge >= 0.3 is 0 Å². The Hall–Kier alpha value is -2.99. The molecule has 0 saturated carbocycles. The van der Waals surface area contributed by atoms with Gasteiger partial charge in [0.25, 0.3) is 5.91 Å². The van der Waals surface area contributed by atoms with Crippen LogP contribution in [0.15, 0.2) is 54.6 Å². The number of carbonyl (C=O) groups excluding carboxylic acids is 1. The zero-order valence-corrected chi connectivity index (χ0v) is 14.4. The van der Waals surface area contributed by atoms with Crippen LogP contribution < -0.4 is 10.2 Å². The van der Waals surface area contributed by atoms with Crippen LogP contribution in [0.25, 0.3) is 0 Å². The number of hydrogen-bond donors (Lipinski definition) is 1. The minimum absolute atomic E-state index is 0.0584. The molecule has 0 fully saturated rings. The van der Waals surface area contributed by atoms with E-state index in [-0.39, 0.29) is 10.7 Å². The molecule has 1 N–H and O–H groups in total. The zero-order valence-electron chi connectivity index (χ0n) is 13.6. The quantitative estimate of drug-likeness (QED) is 0.752. The summed E-state index contributed by atoms with van der Waals surface area (Å²) < 4.78 is 13.2. The summed E-state index contributed by atoms with van der Waals surface area (Å²) in [6, 6.07) is 15.5. The second-order valence-corrected chi connectivity index (χ2v) is 6.30. The fourth-order valence-corrected chi connectivity index (χ4v) is 3.12. The number of nitrogens with one attached hydrogen (secondary N) is 1. The van der Waals surface area contributed by atoms with Crippen molar-refractivity contribution in [3.05, 3.63) is 76.7 Å². The lowest BCUT2D eigenvalue weighted by molar-refractivity contribution is 0.102. The van der Waals surface area contributed by atoms with Crippen LogP contribution >= 0.6 is 11.6 Å². The molecule has 26 heavy (non-hydrogen) atoms. The molecule has 1 amide bonds. The van der Waals surface area contributed by atoms with Crippen molar-refractivity contribution in [1.82, 2.24) is 10.2 Å². The van der Waals surface area contributed by atoms with Gasteiger partial charge in [0.05, 0.1) is 5.02 Å². The van der Waals surface area contributed by atoms with E-state index in [1.165, 1.54) is 23.8 Å². The van der Waals surface area contributed by atoms with Crippen LogP contribution in [0, 0.1) is 5.82 Å². The monoisotopic (exact) mass is 368 g/mol. The van der Waals surface area contributed by atoms with Crippen molar-refractivity contribution in [1.29, 1.82) is 0 Å². The molecule has 3 aromatic rings. The molecule has 1 aliphatic rings. The number of benzene rings is 2. The summed E-state index contributed by atoms with van der Waals surface area (Å²) in [7, 11) is 0. The van der Waals surface area contributed by atoms with Gasteiger partial charge in [-0.3, -0.25) is 4.79 Å². The molecule has 130 valence electrons. The molecular formula is C19H14ClFN4O. The first kappa shape index (κ1) is 16.5. The molecule has 0 saturated heterocycles. The van der Waals surface area contributed by atoms with Crippen molar-refractivity contribution in [3.8, 4) is 0 Å². The Kier molecular flexibility index (Phi) is 4.26. The number of nitrogens with zero attached hydrogens (tertiary/aromatic N) is 3. The third-order valence-electron chi connectivity index (χ3n) is 4.22. The fraction of sp³-hybridized carbons (Fsp3) is 0.105. The Balaban J connectivity index is 1.51. The molecule has 0 atom stereocenters. The lowest BCUT2D eigenvalue weighted by atomic mass is 10.2. The van der Waals surface area contributed by atoms with Gasteiger partial charge in [0, 0.05) is 17.9 Å². The summed E-state index contributed by atoms with van der Waals surface area (Å²) >= 11 is 5.72. The Bertz CT molecular complexity index is 978. The van der Waals surface area contributed by atoms with E-state index >= 15 is 0 Å². The third kappa shape index (κ3) is 3.11. The topological polar surface area (TPSA) is 58.1 Å². The molecule has 2 heterocycles. The fourth-order valence-electron chi connectivity index (χ4n) is 2.94. The van der Waals surface area contributed by atoms with E-state index in [0.29, 0.717) is 11.5 Å². The van der Waals surface area contributed by atoms with E-state index in [1.54, 1.807) is 12.1 Å². The van der Waals surface area contributed by atoms with E-state index in [4.69, 9.17) is 11.6 Å². The maximum atomic E-state index is 13.2. The average molecular weight is 369 g/mol. The van der Waals surface area contributed by atoms with Crippen LogP contribution in [0.2, 0.25) is 5.02 Å². The minimum Gasteiger partial charge on any atom is -0.324 e. The van der Waals surface area contributed by atoms with E-state index in [1.807, 2.05) is 18.2 Å². The van der Waals surface area contributed by atoms with Gasteiger partial charge in [-0.05, 0) is 48.4 Å². The van der Waals surface area contributed by atoms with E-state index in [9.17, 15) is 9.18 Å². The molecule has 0 unspecified atom stereocenters. The van der Waals surface area contributed by atoms with Crippen LogP contribution in [-0.4, -0.2) is 22.6 Å². The molecule has 0 bridgehead atoms. The number of fused-ring (bicyclic) bond motifs is 1. The SMILES string of the molecule is O=C(Nc1ccc(F)c(Cl)c1)c1ccc(N2CCc3ccccc32)nn1. The second kappa shape index (κ2) is 6.72. The van der Waals surface area contributed by atoms with Crippen molar-refractivity contribution in [2.24, 2.45) is 0 Å². The van der Waals surface area contributed by atoms with E-state index in [2.05, 4.69) is 26.5 Å². The van der Waals surface area contributed by atoms with E-state index in [0.717, 1.165) is 18.7 Å². The normalized spacial score (nSPS) is 12.8. The van der Waals surface area contributed by atoms with Crippen molar-refractivity contribution >= 4 is 34.7 Å². The number of para-hydroxylation sites is 1. The van der Waals surface area contributed by atoms with Crippen molar-refractivity contribution in [3.63, 3.8) is 0 Å². The maximum Gasteiger partial charge on any atom is 0.276 e. The average Bonchev–Trinajstić information content (AvgIpc) is 3.09. The summed E-state index contributed by atoms with van der Waals surface area (Å²) in [5, 5.41) is 10.8. The lowest BCUT2D eigenvalue weighted by Gasteiger charge is -2.17. The molecule has 0 aliphatic carbocycles. The maximum absolute atomic E-state index is 13.2. The van der Waals surface area contributed by atoms with Gasteiger partial charge in [-0.1, -0.05) is 29.8 Å². The smallest absolute Gasteiger partial charge is 0.276 e. The molecule has 0 radical (unpaired) electrons. The highest BCUT2D eigenvalue weighted by Crippen LogP contribution is 2.32. The Morgan fingerprint density at radius 2 is 1.96 bits per heavy atom. The van der Waals surface area contributed by atoms with Gasteiger partial charge in [-0.2, -0.15) is 0 Å². The molecule has 1 aromatic heterocycles. The molecule has 0 spiro atoms. The number of aromatic nitrogens is 2. The Morgan fingerprint density at radius 1 is 1.12 bits per heavy atom. The van der Waals surface area contributed by atoms with Gasteiger partial charge in [0.2, 0.25) is 0 Å². The minimum atomic E-state index is -0.542. The largest absolute Gasteiger partial charge is 0.324 e. The number of anilines is 3. The molecule has 4 rings (SSSR count). The number of rotatable bonds is 3. The molecular weight excluding hydrogens is 355 g/mol. The molecule has 1 aliphatic heterocycles. The summed E-state index contributed by atoms with van der Waals surface area (Å²) in [5.74, 6) is -0.287. The van der Waals surface area contributed by atoms with Crippen LogP contribution in [0.4, 0.5) is 21.6 Å². The summed E-state index contributed by atoms with van der Waals surface area (Å²) in [4.78, 5) is 14.4. The predicted octanol–water partition coefficient (Wildman–Crippen LogP) is 4.22. The highest BCUT2D eigenvalue weighted by molar-refractivity contribution is 6.31. The highest BCUT2D eigenvalue weighted by Gasteiger charge is 2.21. The van der Waals surface area contributed by atoms with Gasteiger partial charge in [-0.15, -0.1) is 10.2 Å². The number of amides is 1. The number of halogens is 2. The first-order chi connectivity index (χ1) is 12.6. The molecule has 2 aromatic carbocycles. The summed E-state index contributed by atoms with van der Waals surface area (Å²) in [6.07, 6.45) is 0.950. The molecule has 7 heteroatoms. The summed E-state index contributed by atoms with van der Waals surface area (Å²) in [6.45, 7) is 0.827. The first-order valence-electron chi connectivity index (χ1n) is 8.07. The lowest BCUT2D eigenvalue weighted by Crippen LogP contribution is -2.18. The third-order valence-corrected chi connectivity index (χ3v) is 4.51. The molecule has 5 nitrogen and oxygen atoms in total. The van der Waals surface area contributed by atoms with Gasteiger partial charge < -0.3 is 10.2 Å². The standard InChI is InChI=1S/C19H14ClFN4O/c20-14-11-13(5-6-15(14)21)22-19(26)16-7-8-18(24-23-16)25-10-9-12-3-1-2-4-17(12)25/h1-8,11H,9-10H2,(H,22,26). The summed E-state index contributed by atoms with van der Waals surface area (Å²) in [5.41, 5.74) is 2.94. The predicted molar refractivity (Wildman–Crippen MR) is 98.5 cm³/mol. The van der Waals surface area contributed by atoms with Crippen LogP contribution in [-0.2, 0) is 6.42 Å². The second-order valence-electron chi connectivity index (χ2n) is 5.89. The van der Waals surface area contributed by atoms with Gasteiger partial charge in [-0.25, -0.2) is 4.39 Å². The van der Waals surface area contributed by atoms with Crippen molar-refractivity contribution < 1.29 is 9.18 Å². The Labute approximate surface area is 154 Å². The van der Waals surface area contributed by atoms with Gasteiger partial charge in [0.1, 0.15) is 5.82 Å². The van der Waals surface area contributed by atoms with Crippen LogP contribution in [0.1, 0.15) is 16.1 Å². The zero-order chi connectivity index (χ0) is 18.1. The van der Waals surface area contributed by atoms with Crippen LogP contribution in [0.5, 0.6) is 0 Å². The highest BCUT2D eigenvalue weighted by atomic mass is 35.5. The number of carbonyl (C=O) groups is 1. The van der Waals surface area contributed by atoms with Gasteiger partial charge in [0.15, 0.2) is 11.5 Å². The number of hydrogen-bond acceptors (Lipinski definition) is 4. The van der Waals surface area contributed by atoms with Crippen LogP contribution in [0.3, 0.4) is 0 Å². The van der Waals surface area contributed by atoms with Crippen molar-refractivity contribution in [2.75, 3.05) is 16.8 Å². The van der Waals surface area contributed by atoms with Crippen molar-refractivity contribution in [2.45, 2.75) is 6.42 Å². The first-order valence-corrected chi connectivity index (χ1v) is 8.45. The Morgan fingerprint density at radius 3 is 2.73 bits per heavy atom. The van der Waals surface area contributed by atoms with E-state index < -0.39 is 11.7 Å².